The molecule has 0 fully saturated rings. The van der Waals surface area contributed by atoms with Crippen LogP contribution in [0, 0.1) is 11.3 Å². The van der Waals surface area contributed by atoms with Gasteiger partial charge in [0.1, 0.15) is 0 Å². The molecule has 0 saturated carbocycles. The molecule has 0 aliphatic carbocycles. The number of anilines is 3. The molecule has 4 rings (SSSR count). The highest BCUT2D eigenvalue weighted by Crippen LogP contribution is 2.32. The number of aromatic nitrogens is 3. The highest BCUT2D eigenvalue weighted by atomic mass is 16.7. The van der Waals surface area contributed by atoms with E-state index in [4.69, 9.17) is 14.7 Å². The zero-order valence-electron chi connectivity index (χ0n) is 13.6. The van der Waals surface area contributed by atoms with Crippen LogP contribution in [0.15, 0.2) is 48.7 Å². The van der Waals surface area contributed by atoms with Crippen molar-refractivity contribution in [1.82, 2.24) is 15.2 Å². The van der Waals surface area contributed by atoms with Gasteiger partial charge in [0.2, 0.25) is 12.7 Å². The molecular weight excluding hydrogens is 332 g/mol. The number of hydrogen-bond donors (Lipinski definition) is 2. The Labute approximate surface area is 149 Å². The van der Waals surface area contributed by atoms with Crippen molar-refractivity contribution in [3.63, 3.8) is 0 Å². The van der Waals surface area contributed by atoms with E-state index in [0.717, 1.165) is 22.7 Å². The average Bonchev–Trinajstić information content (AvgIpc) is 3.15. The van der Waals surface area contributed by atoms with Gasteiger partial charge >= 0.3 is 0 Å². The number of fused-ring (bicyclic) bond motifs is 1. The van der Waals surface area contributed by atoms with Crippen LogP contribution in [0.25, 0.3) is 0 Å². The van der Waals surface area contributed by atoms with Gasteiger partial charge < -0.3 is 20.1 Å². The van der Waals surface area contributed by atoms with Crippen molar-refractivity contribution < 1.29 is 9.47 Å². The molecule has 0 saturated heterocycles. The molecule has 1 aliphatic heterocycles. The highest BCUT2D eigenvalue weighted by molar-refractivity contribution is 5.57. The first-order chi connectivity index (χ1) is 12.8. The predicted octanol–water partition coefficient (Wildman–Crippen LogP) is 2.83. The van der Waals surface area contributed by atoms with Crippen molar-refractivity contribution >= 4 is 17.5 Å². The Hall–Kier alpha value is -3.86. The summed E-state index contributed by atoms with van der Waals surface area (Å²) in [5.74, 6) is 2.44. The minimum Gasteiger partial charge on any atom is -0.454 e. The molecule has 0 atom stereocenters. The number of benzene rings is 2. The van der Waals surface area contributed by atoms with E-state index < -0.39 is 0 Å². The second kappa shape index (κ2) is 6.94. The molecule has 0 unspecified atom stereocenters. The largest absolute Gasteiger partial charge is 0.454 e. The molecular formula is C18H14N6O2. The Bertz CT molecular complexity index is 968. The fourth-order valence-electron chi connectivity index (χ4n) is 2.45. The quantitative estimate of drug-likeness (QED) is 0.726. The van der Waals surface area contributed by atoms with Crippen LogP contribution < -0.4 is 20.1 Å². The van der Waals surface area contributed by atoms with E-state index in [2.05, 4.69) is 31.9 Å². The number of ether oxygens (including phenoxy) is 2. The van der Waals surface area contributed by atoms with Crippen LogP contribution in [0.2, 0.25) is 0 Å². The Kier molecular flexibility index (Phi) is 4.18. The first-order valence-corrected chi connectivity index (χ1v) is 7.89. The van der Waals surface area contributed by atoms with Gasteiger partial charge in [0.25, 0.3) is 0 Å². The third kappa shape index (κ3) is 3.47. The van der Waals surface area contributed by atoms with E-state index in [1.165, 1.54) is 6.20 Å². The molecule has 8 heteroatoms. The van der Waals surface area contributed by atoms with Crippen molar-refractivity contribution in [2.75, 3.05) is 17.4 Å². The van der Waals surface area contributed by atoms with Crippen molar-refractivity contribution in [2.45, 2.75) is 6.54 Å². The maximum Gasteiger partial charge on any atom is 0.244 e. The summed E-state index contributed by atoms with van der Waals surface area (Å²) >= 11 is 0. The molecule has 8 nitrogen and oxygen atoms in total. The fourth-order valence-corrected chi connectivity index (χ4v) is 2.45. The van der Waals surface area contributed by atoms with Gasteiger partial charge in [0.15, 0.2) is 17.3 Å². The Balaban J connectivity index is 1.41. The van der Waals surface area contributed by atoms with E-state index in [9.17, 15) is 0 Å². The lowest BCUT2D eigenvalue weighted by molar-refractivity contribution is 0.174. The lowest BCUT2D eigenvalue weighted by Gasteiger charge is -2.08. The first-order valence-electron chi connectivity index (χ1n) is 7.89. The molecule has 128 valence electrons. The second-order valence-corrected chi connectivity index (χ2v) is 5.52. The topological polar surface area (TPSA) is 105 Å². The summed E-state index contributed by atoms with van der Waals surface area (Å²) in [5, 5.41) is 23.0. The van der Waals surface area contributed by atoms with Crippen molar-refractivity contribution in [3.05, 3.63) is 59.8 Å². The maximum atomic E-state index is 8.84. The minimum atomic E-state index is 0.252. The number of hydrogen-bond acceptors (Lipinski definition) is 8. The highest BCUT2D eigenvalue weighted by Gasteiger charge is 2.13. The summed E-state index contributed by atoms with van der Waals surface area (Å²) in [4.78, 5) is 4.38. The molecule has 0 spiro atoms. The lowest BCUT2D eigenvalue weighted by Crippen LogP contribution is -2.06. The van der Waals surface area contributed by atoms with Crippen LogP contribution in [-0.4, -0.2) is 22.0 Å². The van der Waals surface area contributed by atoms with Crippen LogP contribution in [0.4, 0.5) is 17.5 Å². The molecule has 1 aliphatic rings. The van der Waals surface area contributed by atoms with Crippen LogP contribution in [0.5, 0.6) is 11.5 Å². The number of nitrogens with zero attached hydrogens (tertiary/aromatic N) is 4. The number of nitriles is 1. The molecule has 26 heavy (non-hydrogen) atoms. The SMILES string of the molecule is N#Cc1ccc(Nc2cnnc(NCc3ccc4c(c3)OCO4)n2)cc1. The van der Waals surface area contributed by atoms with E-state index in [0.29, 0.717) is 23.9 Å². The zero-order valence-corrected chi connectivity index (χ0v) is 13.6. The summed E-state index contributed by atoms with van der Waals surface area (Å²) < 4.78 is 10.7. The standard InChI is InChI=1S/C18H14N6O2/c19-8-12-1-4-14(5-2-12)22-17-10-21-24-18(23-17)20-9-13-3-6-15-16(7-13)26-11-25-15/h1-7,10H,9,11H2,(H2,20,22,23,24). The average molecular weight is 346 g/mol. The van der Waals surface area contributed by atoms with Crippen LogP contribution in [0.1, 0.15) is 11.1 Å². The van der Waals surface area contributed by atoms with E-state index >= 15 is 0 Å². The van der Waals surface area contributed by atoms with Gasteiger partial charge in [0.05, 0.1) is 17.8 Å². The van der Waals surface area contributed by atoms with Gasteiger partial charge in [-0.15, -0.1) is 5.10 Å². The molecule has 2 heterocycles. The van der Waals surface area contributed by atoms with E-state index in [-0.39, 0.29) is 6.79 Å². The molecule has 3 aromatic rings. The lowest BCUT2D eigenvalue weighted by atomic mass is 10.2. The van der Waals surface area contributed by atoms with Crippen molar-refractivity contribution in [2.24, 2.45) is 0 Å². The number of nitrogens with one attached hydrogen (secondary N) is 2. The smallest absolute Gasteiger partial charge is 0.244 e. The molecule has 0 amide bonds. The number of rotatable bonds is 5. The van der Waals surface area contributed by atoms with Gasteiger partial charge in [-0.25, -0.2) is 0 Å². The van der Waals surface area contributed by atoms with Crippen LogP contribution in [-0.2, 0) is 6.54 Å². The molecule has 0 bridgehead atoms. The van der Waals surface area contributed by atoms with Gasteiger partial charge in [-0.3, -0.25) is 0 Å². The monoisotopic (exact) mass is 346 g/mol. The molecule has 2 N–H and O–H groups in total. The Morgan fingerprint density at radius 1 is 1.08 bits per heavy atom. The molecule has 1 aromatic heterocycles. The molecule has 2 aromatic carbocycles. The summed E-state index contributed by atoms with van der Waals surface area (Å²) in [5.41, 5.74) is 2.43. The van der Waals surface area contributed by atoms with Crippen LogP contribution >= 0.6 is 0 Å². The van der Waals surface area contributed by atoms with Gasteiger partial charge in [0, 0.05) is 12.2 Å². The first kappa shape index (κ1) is 15.7. The van der Waals surface area contributed by atoms with E-state index in [1.807, 2.05) is 18.2 Å². The Morgan fingerprint density at radius 2 is 1.92 bits per heavy atom. The van der Waals surface area contributed by atoms with E-state index in [1.54, 1.807) is 24.3 Å². The van der Waals surface area contributed by atoms with Crippen molar-refractivity contribution in [3.8, 4) is 17.6 Å². The zero-order chi connectivity index (χ0) is 17.8. The summed E-state index contributed by atoms with van der Waals surface area (Å²) in [6.07, 6.45) is 1.53. The minimum absolute atomic E-state index is 0.252. The van der Waals surface area contributed by atoms with Gasteiger partial charge in [-0.05, 0) is 42.0 Å². The van der Waals surface area contributed by atoms with Gasteiger partial charge in [-0.1, -0.05) is 6.07 Å². The summed E-state index contributed by atoms with van der Waals surface area (Å²) in [6.45, 7) is 0.779. The van der Waals surface area contributed by atoms with Crippen LogP contribution in [0.3, 0.4) is 0 Å². The second-order valence-electron chi connectivity index (χ2n) is 5.52. The predicted molar refractivity (Wildman–Crippen MR) is 94.2 cm³/mol. The fraction of sp³-hybridized carbons (Fsp3) is 0.111. The van der Waals surface area contributed by atoms with Gasteiger partial charge in [-0.2, -0.15) is 15.3 Å². The van der Waals surface area contributed by atoms with Crippen molar-refractivity contribution in [1.29, 1.82) is 5.26 Å². The Morgan fingerprint density at radius 3 is 2.77 bits per heavy atom. The third-order valence-corrected chi connectivity index (χ3v) is 3.73. The summed E-state index contributed by atoms with van der Waals surface area (Å²) in [7, 11) is 0. The normalized spacial score (nSPS) is 11.7. The maximum absolute atomic E-state index is 8.84. The summed E-state index contributed by atoms with van der Waals surface area (Å²) in [6, 6.07) is 14.9. The molecule has 0 radical (unpaired) electrons. The third-order valence-electron chi connectivity index (χ3n) is 3.73.